The largest absolute Gasteiger partial charge is 0.479 e. The summed E-state index contributed by atoms with van der Waals surface area (Å²) in [5.74, 6) is -1.05. The van der Waals surface area contributed by atoms with Gasteiger partial charge < -0.3 is 15.7 Å². The van der Waals surface area contributed by atoms with E-state index >= 15 is 0 Å². The summed E-state index contributed by atoms with van der Waals surface area (Å²) >= 11 is 5.13. The van der Waals surface area contributed by atoms with E-state index in [0.29, 0.717) is 12.1 Å². The Balaban J connectivity index is 1.96. The average molecular weight is 379 g/mol. The molecule has 132 valence electrons. The van der Waals surface area contributed by atoms with Gasteiger partial charge in [0.15, 0.2) is 11.2 Å². The van der Waals surface area contributed by atoms with E-state index in [1.165, 1.54) is 12.1 Å². The summed E-state index contributed by atoms with van der Waals surface area (Å²) in [5.41, 5.74) is 1.35. The van der Waals surface area contributed by atoms with Crippen LogP contribution in [-0.2, 0) is 21.4 Å². The number of nitrogens with one attached hydrogen (secondary N) is 2. The quantitative estimate of drug-likeness (QED) is 0.555. The zero-order chi connectivity index (χ0) is 18.4. The van der Waals surface area contributed by atoms with Crippen molar-refractivity contribution in [3.05, 3.63) is 65.7 Å². The number of carboxylic acid groups (broad SMARTS) is 1. The minimum Gasteiger partial charge on any atom is -0.479 e. The first-order valence-corrected chi connectivity index (χ1v) is 9.16. The van der Waals surface area contributed by atoms with Gasteiger partial charge in [-0.15, -0.1) is 0 Å². The minimum absolute atomic E-state index is 0.0203. The molecule has 0 bridgehead atoms. The van der Waals surface area contributed by atoms with Crippen LogP contribution in [0.1, 0.15) is 17.2 Å². The number of aliphatic carboxylic acids is 1. The molecule has 0 radical (unpaired) electrons. The molecule has 0 heterocycles. The summed E-state index contributed by atoms with van der Waals surface area (Å²) in [6.45, 7) is 0.303. The fourth-order valence-corrected chi connectivity index (χ4v) is 2.80. The minimum atomic E-state index is -3.73. The van der Waals surface area contributed by atoms with Gasteiger partial charge in [0.1, 0.15) is 0 Å². The lowest BCUT2D eigenvalue weighted by Crippen LogP contribution is -2.40. The van der Waals surface area contributed by atoms with Gasteiger partial charge in [0.25, 0.3) is 0 Å². The standard InChI is InChI=1S/C16H17N3O4S2/c17-25(22,23)13-8-6-11(7-9-13)10-18-16(24)19-14(15(20)21)12-4-2-1-3-5-12/h1-9,14H,10H2,(H,20,21)(H2,17,22,23)(H2,18,19,24). The van der Waals surface area contributed by atoms with Crippen LogP contribution in [0.25, 0.3) is 0 Å². The summed E-state index contributed by atoms with van der Waals surface area (Å²) in [6.07, 6.45) is 0. The van der Waals surface area contributed by atoms with Crippen molar-refractivity contribution in [3.63, 3.8) is 0 Å². The van der Waals surface area contributed by atoms with Crippen LogP contribution in [0, 0.1) is 0 Å². The first-order valence-electron chi connectivity index (χ1n) is 7.21. The van der Waals surface area contributed by atoms with E-state index in [2.05, 4.69) is 10.6 Å². The highest BCUT2D eigenvalue weighted by molar-refractivity contribution is 7.89. The van der Waals surface area contributed by atoms with Crippen molar-refractivity contribution < 1.29 is 18.3 Å². The second-order valence-electron chi connectivity index (χ2n) is 5.20. The Morgan fingerprint density at radius 3 is 2.24 bits per heavy atom. The van der Waals surface area contributed by atoms with E-state index in [0.717, 1.165) is 5.56 Å². The smallest absolute Gasteiger partial charge is 0.330 e. The van der Waals surface area contributed by atoms with Crippen LogP contribution in [0.15, 0.2) is 59.5 Å². The lowest BCUT2D eigenvalue weighted by atomic mass is 10.1. The van der Waals surface area contributed by atoms with E-state index in [9.17, 15) is 18.3 Å². The molecule has 0 aromatic heterocycles. The molecule has 0 amide bonds. The second kappa shape index (κ2) is 8.06. The molecule has 0 aliphatic rings. The number of nitrogens with two attached hydrogens (primary N) is 1. The highest BCUT2D eigenvalue weighted by Gasteiger charge is 2.20. The molecular formula is C16H17N3O4S2. The van der Waals surface area contributed by atoms with Crippen LogP contribution in [0.3, 0.4) is 0 Å². The lowest BCUT2D eigenvalue weighted by molar-refractivity contribution is -0.139. The van der Waals surface area contributed by atoms with E-state index in [1.807, 2.05) is 0 Å². The predicted molar refractivity (Wildman–Crippen MR) is 97.2 cm³/mol. The zero-order valence-corrected chi connectivity index (χ0v) is 14.7. The maximum atomic E-state index is 11.4. The maximum Gasteiger partial charge on any atom is 0.330 e. The van der Waals surface area contributed by atoms with Crippen molar-refractivity contribution in [2.45, 2.75) is 17.5 Å². The summed E-state index contributed by atoms with van der Waals surface area (Å²) in [5, 5.41) is 20.2. The van der Waals surface area contributed by atoms with E-state index < -0.39 is 22.0 Å². The molecule has 0 spiro atoms. The van der Waals surface area contributed by atoms with Crippen molar-refractivity contribution in [1.29, 1.82) is 0 Å². The number of hydrogen-bond donors (Lipinski definition) is 4. The number of carboxylic acids is 1. The monoisotopic (exact) mass is 379 g/mol. The Bertz CT molecular complexity index is 853. The van der Waals surface area contributed by atoms with Crippen molar-refractivity contribution in [2.75, 3.05) is 0 Å². The average Bonchev–Trinajstić information content (AvgIpc) is 2.58. The van der Waals surface area contributed by atoms with Gasteiger partial charge in [-0.2, -0.15) is 0 Å². The normalized spacial score (nSPS) is 12.2. The molecule has 0 saturated heterocycles. The number of benzene rings is 2. The molecule has 0 aliphatic heterocycles. The van der Waals surface area contributed by atoms with Crippen LogP contribution in [-0.4, -0.2) is 24.6 Å². The fraction of sp³-hybridized carbons (Fsp3) is 0.125. The van der Waals surface area contributed by atoms with E-state index in [1.54, 1.807) is 42.5 Å². The third kappa shape index (κ3) is 5.52. The molecular weight excluding hydrogens is 362 g/mol. The molecule has 9 heteroatoms. The molecule has 25 heavy (non-hydrogen) atoms. The molecule has 7 nitrogen and oxygen atoms in total. The van der Waals surface area contributed by atoms with Crippen LogP contribution in [0.2, 0.25) is 0 Å². The molecule has 2 aromatic rings. The van der Waals surface area contributed by atoms with Crippen molar-refractivity contribution in [1.82, 2.24) is 10.6 Å². The Hall–Kier alpha value is -2.49. The van der Waals surface area contributed by atoms with Crippen LogP contribution < -0.4 is 15.8 Å². The molecule has 1 atom stereocenters. The number of thiocarbonyl (C=S) groups is 1. The second-order valence-corrected chi connectivity index (χ2v) is 7.17. The summed E-state index contributed by atoms with van der Waals surface area (Å²) < 4.78 is 22.4. The molecule has 0 saturated carbocycles. The van der Waals surface area contributed by atoms with Gasteiger partial charge >= 0.3 is 5.97 Å². The third-order valence-corrected chi connectivity index (χ3v) is 4.55. The van der Waals surface area contributed by atoms with Gasteiger partial charge in [0.2, 0.25) is 10.0 Å². The van der Waals surface area contributed by atoms with Gasteiger partial charge in [-0.25, -0.2) is 18.4 Å². The number of primary sulfonamides is 1. The van der Waals surface area contributed by atoms with Gasteiger partial charge in [0.05, 0.1) is 4.90 Å². The Morgan fingerprint density at radius 1 is 1.12 bits per heavy atom. The molecule has 2 aromatic carbocycles. The molecule has 0 aliphatic carbocycles. The number of hydrogen-bond acceptors (Lipinski definition) is 4. The highest BCUT2D eigenvalue weighted by Crippen LogP contribution is 2.13. The van der Waals surface area contributed by atoms with Gasteiger partial charge in [-0.05, 0) is 35.5 Å². The Kier molecular flexibility index (Phi) is 6.07. The fourth-order valence-electron chi connectivity index (χ4n) is 2.09. The summed E-state index contributed by atoms with van der Waals surface area (Å²) in [7, 11) is -3.73. The molecule has 0 fully saturated rings. The molecule has 5 N–H and O–H groups in total. The zero-order valence-electron chi connectivity index (χ0n) is 13.0. The molecule has 2 rings (SSSR count). The third-order valence-electron chi connectivity index (χ3n) is 3.36. The Morgan fingerprint density at radius 2 is 1.72 bits per heavy atom. The number of sulfonamides is 1. The number of carbonyl (C=O) groups is 1. The van der Waals surface area contributed by atoms with E-state index in [4.69, 9.17) is 17.4 Å². The van der Waals surface area contributed by atoms with Crippen LogP contribution in [0.5, 0.6) is 0 Å². The topological polar surface area (TPSA) is 122 Å². The summed E-state index contributed by atoms with van der Waals surface area (Å²) in [6, 6.07) is 13.7. The highest BCUT2D eigenvalue weighted by atomic mass is 32.2. The summed E-state index contributed by atoms with van der Waals surface area (Å²) in [4.78, 5) is 11.4. The van der Waals surface area contributed by atoms with E-state index in [-0.39, 0.29) is 10.0 Å². The SMILES string of the molecule is NS(=O)(=O)c1ccc(CNC(=S)NC(C(=O)O)c2ccccc2)cc1. The first kappa shape index (κ1) is 18.8. The predicted octanol–water partition coefficient (Wildman–Crippen LogP) is 1.12. The lowest BCUT2D eigenvalue weighted by Gasteiger charge is -2.17. The van der Waals surface area contributed by atoms with Crippen molar-refractivity contribution in [3.8, 4) is 0 Å². The van der Waals surface area contributed by atoms with Gasteiger partial charge in [0, 0.05) is 6.54 Å². The maximum absolute atomic E-state index is 11.4. The van der Waals surface area contributed by atoms with Crippen molar-refractivity contribution in [2.24, 2.45) is 5.14 Å². The Labute approximate surface area is 150 Å². The molecule has 1 unspecified atom stereocenters. The van der Waals surface area contributed by atoms with Crippen LogP contribution in [0.4, 0.5) is 0 Å². The van der Waals surface area contributed by atoms with Gasteiger partial charge in [-0.3, -0.25) is 0 Å². The number of rotatable bonds is 6. The van der Waals surface area contributed by atoms with Crippen molar-refractivity contribution >= 4 is 33.3 Å². The first-order chi connectivity index (χ1) is 11.8. The van der Waals surface area contributed by atoms with Crippen LogP contribution >= 0.6 is 12.2 Å². The van der Waals surface area contributed by atoms with Gasteiger partial charge in [-0.1, -0.05) is 42.5 Å².